The Balaban J connectivity index is 1.54. The smallest absolute Gasteiger partial charge is 0.319 e. The number of carbonyl (C=O) groups is 2. The number of carbonyl (C=O) groups excluding carboxylic acids is 1. The molecule has 1 heterocycles. The molecule has 3 aliphatic rings. The van der Waals surface area contributed by atoms with E-state index in [1.165, 1.54) is 10.6 Å². The summed E-state index contributed by atoms with van der Waals surface area (Å²) in [7, 11) is -3.19. The van der Waals surface area contributed by atoms with Crippen molar-refractivity contribution in [2.75, 3.05) is 25.9 Å². The molecule has 7 nitrogen and oxygen atoms in total. The molecule has 2 aliphatic carbocycles. The molecule has 0 radical (unpaired) electrons. The number of aliphatic carboxylic acids is 1. The normalized spacial score (nSPS) is 28.8. The number of rotatable bonds is 5. The molecule has 130 valence electrons. The van der Waals surface area contributed by atoms with Crippen LogP contribution in [0.5, 0.6) is 0 Å². The number of nitrogens with one attached hydrogen (secondary N) is 1. The van der Waals surface area contributed by atoms with Gasteiger partial charge in [0, 0.05) is 19.6 Å². The predicted octanol–water partition coefficient (Wildman–Crippen LogP) is 0.419. The Bertz CT molecular complexity index is 618. The number of carboxylic acid groups (broad SMARTS) is 1. The highest BCUT2D eigenvalue weighted by molar-refractivity contribution is 7.88. The quantitative estimate of drug-likeness (QED) is 0.704. The number of hydrogen-bond acceptors (Lipinski definition) is 4. The van der Waals surface area contributed by atoms with Crippen molar-refractivity contribution in [2.24, 2.45) is 16.7 Å². The SMILES string of the molecule is CS(=O)(=O)N1CCC(CNC(=O)C2(C(=O)O)CC3(CCC3)C2)C1. The lowest BCUT2D eigenvalue weighted by atomic mass is 9.45. The molecule has 1 spiro atoms. The van der Waals surface area contributed by atoms with Crippen LogP contribution in [0.2, 0.25) is 0 Å². The first kappa shape index (κ1) is 16.7. The molecule has 8 heteroatoms. The number of hydrogen-bond donors (Lipinski definition) is 2. The first-order valence-corrected chi connectivity index (χ1v) is 9.99. The highest BCUT2D eigenvalue weighted by Gasteiger charge is 2.64. The van der Waals surface area contributed by atoms with Crippen molar-refractivity contribution in [2.45, 2.75) is 38.5 Å². The Morgan fingerprint density at radius 3 is 2.39 bits per heavy atom. The van der Waals surface area contributed by atoms with Crippen LogP contribution in [-0.4, -0.2) is 55.6 Å². The number of sulfonamides is 1. The Morgan fingerprint density at radius 1 is 1.30 bits per heavy atom. The second-order valence-corrected chi connectivity index (χ2v) is 9.56. The molecule has 1 unspecified atom stereocenters. The maximum absolute atomic E-state index is 12.4. The first-order chi connectivity index (χ1) is 10.7. The lowest BCUT2D eigenvalue weighted by Crippen LogP contribution is -2.61. The molecule has 0 aromatic carbocycles. The van der Waals surface area contributed by atoms with Crippen LogP contribution < -0.4 is 5.32 Å². The summed E-state index contributed by atoms with van der Waals surface area (Å²) in [6.45, 7) is 1.20. The molecule has 0 bridgehead atoms. The molecular weight excluding hydrogens is 320 g/mol. The maximum Gasteiger partial charge on any atom is 0.319 e. The van der Waals surface area contributed by atoms with Crippen LogP contribution in [0.25, 0.3) is 0 Å². The van der Waals surface area contributed by atoms with Gasteiger partial charge in [-0.05, 0) is 43.4 Å². The third kappa shape index (κ3) is 2.87. The molecule has 0 aromatic rings. The van der Waals surface area contributed by atoms with Crippen molar-refractivity contribution in [1.29, 1.82) is 0 Å². The second-order valence-electron chi connectivity index (χ2n) is 7.58. The Labute approximate surface area is 136 Å². The molecular formula is C15H24N2O5S. The molecule has 0 aromatic heterocycles. The van der Waals surface area contributed by atoms with Crippen molar-refractivity contribution in [3.8, 4) is 0 Å². The van der Waals surface area contributed by atoms with Crippen molar-refractivity contribution in [1.82, 2.24) is 9.62 Å². The van der Waals surface area contributed by atoms with Gasteiger partial charge in [-0.1, -0.05) is 6.42 Å². The van der Waals surface area contributed by atoms with Gasteiger partial charge in [-0.25, -0.2) is 12.7 Å². The fourth-order valence-corrected chi connectivity index (χ4v) is 5.26. The molecule has 1 amide bonds. The van der Waals surface area contributed by atoms with Gasteiger partial charge >= 0.3 is 5.97 Å². The van der Waals surface area contributed by atoms with Gasteiger partial charge in [0.25, 0.3) is 0 Å². The summed E-state index contributed by atoms with van der Waals surface area (Å²) in [6.07, 6.45) is 5.95. The number of amides is 1. The van der Waals surface area contributed by atoms with Gasteiger partial charge in [-0.15, -0.1) is 0 Å². The van der Waals surface area contributed by atoms with Gasteiger partial charge in [0.05, 0.1) is 6.26 Å². The highest BCUT2D eigenvalue weighted by atomic mass is 32.2. The van der Waals surface area contributed by atoms with E-state index in [2.05, 4.69) is 5.32 Å². The van der Waals surface area contributed by atoms with E-state index in [1.807, 2.05) is 0 Å². The molecule has 2 N–H and O–H groups in total. The lowest BCUT2D eigenvalue weighted by molar-refractivity contribution is -0.181. The van der Waals surface area contributed by atoms with E-state index in [1.54, 1.807) is 0 Å². The Morgan fingerprint density at radius 2 is 1.96 bits per heavy atom. The van der Waals surface area contributed by atoms with Crippen molar-refractivity contribution < 1.29 is 23.1 Å². The summed E-state index contributed by atoms with van der Waals surface area (Å²) in [4.78, 5) is 24.0. The monoisotopic (exact) mass is 344 g/mol. The van der Waals surface area contributed by atoms with Gasteiger partial charge in [-0.2, -0.15) is 0 Å². The zero-order valence-electron chi connectivity index (χ0n) is 13.4. The van der Waals surface area contributed by atoms with Gasteiger partial charge in [0.1, 0.15) is 5.41 Å². The standard InChI is InChI=1S/C15H24N2O5S/c1-23(21,22)17-6-3-11(8-17)7-16-12(18)15(13(19)20)9-14(10-15)4-2-5-14/h11H,2-10H2,1H3,(H,16,18)(H,19,20). The molecule has 1 atom stereocenters. The van der Waals surface area contributed by atoms with E-state index >= 15 is 0 Å². The molecule has 1 aliphatic heterocycles. The molecule has 23 heavy (non-hydrogen) atoms. The second kappa shape index (κ2) is 5.44. The highest BCUT2D eigenvalue weighted by Crippen LogP contribution is 2.64. The minimum absolute atomic E-state index is 0.0530. The van der Waals surface area contributed by atoms with Crippen LogP contribution in [0.1, 0.15) is 38.5 Å². The number of carboxylic acids is 1. The average molecular weight is 344 g/mol. The summed E-state index contributed by atoms with van der Waals surface area (Å²) in [5.74, 6) is -1.38. The average Bonchev–Trinajstić information content (AvgIpc) is 2.81. The van der Waals surface area contributed by atoms with Crippen LogP contribution >= 0.6 is 0 Å². The Kier molecular flexibility index (Phi) is 3.95. The zero-order valence-corrected chi connectivity index (χ0v) is 14.2. The van der Waals surface area contributed by atoms with Crippen LogP contribution in [0, 0.1) is 16.7 Å². The van der Waals surface area contributed by atoms with Crippen molar-refractivity contribution in [3.05, 3.63) is 0 Å². The minimum Gasteiger partial charge on any atom is -0.480 e. The number of nitrogens with zero attached hydrogens (tertiary/aromatic N) is 1. The summed E-state index contributed by atoms with van der Waals surface area (Å²) >= 11 is 0. The van der Waals surface area contributed by atoms with Gasteiger partial charge in [0.15, 0.2) is 0 Å². The maximum atomic E-state index is 12.4. The van der Waals surface area contributed by atoms with Crippen molar-refractivity contribution in [3.63, 3.8) is 0 Å². The third-order valence-corrected chi connectivity index (χ3v) is 7.15. The van der Waals surface area contributed by atoms with E-state index in [9.17, 15) is 23.1 Å². The first-order valence-electron chi connectivity index (χ1n) is 8.14. The summed E-state index contributed by atoms with van der Waals surface area (Å²) < 4.78 is 24.4. The summed E-state index contributed by atoms with van der Waals surface area (Å²) in [5, 5.41) is 12.3. The Hall–Kier alpha value is -1.15. The fourth-order valence-electron chi connectivity index (χ4n) is 4.34. The van der Waals surface area contributed by atoms with E-state index in [-0.39, 0.29) is 11.3 Å². The molecule has 3 fully saturated rings. The third-order valence-electron chi connectivity index (χ3n) is 5.88. The minimum atomic E-state index is -3.19. The van der Waals surface area contributed by atoms with E-state index < -0.39 is 27.3 Å². The van der Waals surface area contributed by atoms with Crippen LogP contribution in [-0.2, 0) is 19.6 Å². The molecule has 3 rings (SSSR count). The largest absolute Gasteiger partial charge is 0.480 e. The predicted molar refractivity (Wildman–Crippen MR) is 83.1 cm³/mol. The summed E-state index contributed by atoms with van der Waals surface area (Å²) in [5.41, 5.74) is -1.17. The van der Waals surface area contributed by atoms with Gasteiger partial charge in [-0.3, -0.25) is 9.59 Å². The molecule has 2 saturated carbocycles. The topological polar surface area (TPSA) is 104 Å². The lowest BCUT2D eigenvalue weighted by Gasteiger charge is -2.58. The van der Waals surface area contributed by atoms with E-state index in [0.29, 0.717) is 38.9 Å². The van der Waals surface area contributed by atoms with E-state index in [4.69, 9.17) is 0 Å². The summed E-state index contributed by atoms with van der Waals surface area (Å²) in [6, 6.07) is 0. The van der Waals surface area contributed by atoms with E-state index in [0.717, 1.165) is 19.3 Å². The van der Waals surface area contributed by atoms with Gasteiger partial charge < -0.3 is 10.4 Å². The van der Waals surface area contributed by atoms with Crippen molar-refractivity contribution >= 4 is 21.9 Å². The zero-order chi connectivity index (χ0) is 16.9. The van der Waals surface area contributed by atoms with Gasteiger partial charge in [0.2, 0.25) is 15.9 Å². The molecule has 1 saturated heterocycles. The fraction of sp³-hybridized carbons (Fsp3) is 0.867. The van der Waals surface area contributed by atoms with Crippen LogP contribution in [0.15, 0.2) is 0 Å². The van der Waals surface area contributed by atoms with Crippen LogP contribution in [0.3, 0.4) is 0 Å². The van der Waals surface area contributed by atoms with Crippen LogP contribution in [0.4, 0.5) is 0 Å².